The number of amides is 1. The van der Waals surface area contributed by atoms with Crippen molar-refractivity contribution >= 4 is 33.3 Å². The Morgan fingerprint density at radius 3 is 2.55 bits per heavy atom. The molecule has 0 unspecified atom stereocenters. The molecule has 2 aromatic carbocycles. The lowest BCUT2D eigenvalue weighted by Crippen LogP contribution is -2.33. The highest BCUT2D eigenvalue weighted by Gasteiger charge is 2.33. The van der Waals surface area contributed by atoms with Crippen LogP contribution in [-0.2, 0) is 20.8 Å². The van der Waals surface area contributed by atoms with Crippen molar-refractivity contribution in [3.63, 3.8) is 0 Å². The van der Waals surface area contributed by atoms with Crippen LogP contribution in [0.2, 0.25) is 0 Å². The Kier molecular flexibility index (Phi) is 11.7. The molecule has 5 aromatic rings. The van der Waals surface area contributed by atoms with Crippen LogP contribution in [0, 0.1) is 22.6 Å². The molecule has 0 bridgehead atoms. The van der Waals surface area contributed by atoms with Crippen molar-refractivity contribution in [2.45, 2.75) is 25.5 Å². The molecular formula is C41H38BrFN6O7. The van der Waals surface area contributed by atoms with Crippen LogP contribution in [0.25, 0.3) is 33.5 Å². The Bertz CT molecular complexity index is 2340. The van der Waals surface area contributed by atoms with Crippen molar-refractivity contribution in [1.82, 2.24) is 14.5 Å². The van der Waals surface area contributed by atoms with Crippen LogP contribution in [0.5, 0.6) is 11.5 Å². The summed E-state index contributed by atoms with van der Waals surface area (Å²) in [7, 11) is 1.54. The molecule has 288 valence electrons. The van der Waals surface area contributed by atoms with Crippen LogP contribution in [0.1, 0.15) is 23.2 Å². The average Bonchev–Trinajstić information content (AvgIpc) is 3.22. The fourth-order valence-corrected chi connectivity index (χ4v) is 6.89. The summed E-state index contributed by atoms with van der Waals surface area (Å²) < 4.78 is 46.4. The maximum Gasteiger partial charge on any atom is 0.261 e. The number of nitrogens with zero attached hydrogens (tertiary/aromatic N) is 4. The number of carbonyl (C=O) groups is 1. The quantitative estimate of drug-likeness (QED) is 0.149. The molecule has 7 rings (SSSR count). The molecule has 0 spiro atoms. The molecule has 2 aliphatic heterocycles. The Balaban J connectivity index is 1.13. The highest BCUT2D eigenvalue weighted by atomic mass is 79.9. The van der Waals surface area contributed by atoms with Crippen LogP contribution in [-0.4, -0.2) is 73.3 Å². The number of nitriles is 1. The normalized spacial score (nSPS) is 16.4. The van der Waals surface area contributed by atoms with E-state index in [-0.39, 0.29) is 40.8 Å². The number of hydrogen-bond donors (Lipinski definition) is 2. The number of halogens is 2. The maximum absolute atomic E-state index is 15.9. The van der Waals surface area contributed by atoms with Gasteiger partial charge in [-0.2, -0.15) is 5.26 Å². The zero-order chi connectivity index (χ0) is 39.2. The molecule has 0 saturated carbocycles. The van der Waals surface area contributed by atoms with E-state index in [9.17, 15) is 14.9 Å². The zero-order valence-corrected chi connectivity index (χ0v) is 32.0. The molecule has 56 heavy (non-hydrogen) atoms. The second kappa shape index (κ2) is 17.0. The van der Waals surface area contributed by atoms with E-state index in [2.05, 4.69) is 37.3 Å². The van der Waals surface area contributed by atoms with Crippen molar-refractivity contribution < 1.29 is 32.9 Å². The predicted molar refractivity (Wildman–Crippen MR) is 210 cm³/mol. The smallest absolute Gasteiger partial charge is 0.261 e. The Morgan fingerprint density at radius 1 is 1.00 bits per heavy atom. The molecule has 0 aliphatic carbocycles. The van der Waals surface area contributed by atoms with Gasteiger partial charge in [0.05, 0.1) is 49.7 Å². The first kappa shape index (κ1) is 38.6. The number of aromatic nitrogens is 3. The minimum absolute atomic E-state index is 0.102. The van der Waals surface area contributed by atoms with Crippen molar-refractivity contribution in [1.29, 1.82) is 5.26 Å². The van der Waals surface area contributed by atoms with Gasteiger partial charge in [-0.1, -0.05) is 6.07 Å². The van der Waals surface area contributed by atoms with Gasteiger partial charge in [0.15, 0.2) is 11.5 Å². The van der Waals surface area contributed by atoms with E-state index >= 15 is 4.39 Å². The van der Waals surface area contributed by atoms with Gasteiger partial charge < -0.3 is 39.3 Å². The Labute approximate surface area is 330 Å². The summed E-state index contributed by atoms with van der Waals surface area (Å²) in [6, 6.07) is 17.1. The highest BCUT2D eigenvalue weighted by Crippen LogP contribution is 2.37. The number of anilines is 2. The maximum atomic E-state index is 15.9. The molecule has 0 radical (unpaired) electrons. The zero-order valence-electron chi connectivity index (χ0n) is 30.4. The minimum atomic E-state index is -0.753. The van der Waals surface area contributed by atoms with Crippen molar-refractivity contribution in [3.8, 4) is 51.1 Å². The van der Waals surface area contributed by atoms with Gasteiger partial charge in [0.25, 0.3) is 5.91 Å². The number of methoxy groups -OCH3 is 1. The first-order valence-corrected chi connectivity index (χ1v) is 18.7. The van der Waals surface area contributed by atoms with Crippen LogP contribution >= 0.6 is 15.9 Å². The summed E-state index contributed by atoms with van der Waals surface area (Å²) in [5.41, 5.74) is 7.26. The molecule has 1 amide bonds. The molecule has 5 heterocycles. The van der Waals surface area contributed by atoms with E-state index in [1.54, 1.807) is 53.5 Å². The largest absolute Gasteiger partial charge is 0.493 e. The van der Waals surface area contributed by atoms with Gasteiger partial charge in [0, 0.05) is 71.4 Å². The minimum Gasteiger partial charge on any atom is -0.493 e. The molecular weight excluding hydrogens is 787 g/mol. The van der Waals surface area contributed by atoms with E-state index in [0.29, 0.717) is 85.3 Å². The number of nitrogens with two attached hydrogens (primary N) is 1. The summed E-state index contributed by atoms with van der Waals surface area (Å²) in [5, 5.41) is 12.8. The first-order chi connectivity index (χ1) is 27.1. The molecule has 2 fully saturated rings. The SMILES string of the molecule is COc1cc(-c2cnc(N)c(-c3ccc(NC(=O)c4cn(CC5(C#N)CCOCC5)cc(-c5ccc(Br)cn5)c4=O)cc3F)c2)ccc1OC[C@H]1COCCO1. The third kappa shape index (κ3) is 8.58. The van der Waals surface area contributed by atoms with Crippen LogP contribution in [0.3, 0.4) is 0 Å². The lowest BCUT2D eigenvalue weighted by Gasteiger charge is -2.31. The monoisotopic (exact) mass is 824 g/mol. The fraction of sp³-hybridized carbons (Fsp3) is 0.293. The second-order valence-corrected chi connectivity index (χ2v) is 14.4. The van der Waals surface area contributed by atoms with Gasteiger partial charge >= 0.3 is 0 Å². The molecule has 3 aromatic heterocycles. The molecule has 1 atom stereocenters. The van der Waals surface area contributed by atoms with Gasteiger partial charge in [0.2, 0.25) is 5.43 Å². The number of nitrogen functional groups attached to an aromatic ring is 1. The fourth-order valence-electron chi connectivity index (χ4n) is 6.66. The third-order valence-corrected chi connectivity index (χ3v) is 10.2. The van der Waals surface area contributed by atoms with Gasteiger partial charge in [-0.3, -0.25) is 14.6 Å². The van der Waals surface area contributed by atoms with E-state index in [1.165, 1.54) is 25.4 Å². The summed E-state index contributed by atoms with van der Waals surface area (Å²) >= 11 is 3.36. The predicted octanol–water partition coefficient (Wildman–Crippen LogP) is 6.50. The molecule has 15 heteroatoms. The number of pyridine rings is 3. The van der Waals surface area contributed by atoms with Crippen LogP contribution in [0.15, 0.2) is 88.7 Å². The number of carbonyl (C=O) groups excluding carboxylic acids is 1. The Morgan fingerprint density at radius 2 is 1.84 bits per heavy atom. The standard InChI is InChI=1S/C41H38BrFN6O7/c1-52-37-15-25(2-7-36(37)56-22-29-21-54-12-13-55-29)26-14-31(39(45)47-17-26)30-5-4-28(16-34(30)43)48-40(51)33-20-49(24-41(23-44)8-10-53-11-9-41)19-32(38(33)50)35-6-3-27(42)18-46-35/h2-7,14-20,29H,8-13,21-22,24H2,1H3,(H2,45,47)(H,48,51)/t29-/m1/s1. The van der Waals surface area contributed by atoms with Crippen molar-refractivity contribution in [3.05, 3.63) is 105 Å². The van der Waals surface area contributed by atoms with Gasteiger partial charge in [-0.25, -0.2) is 9.37 Å². The van der Waals surface area contributed by atoms with Gasteiger partial charge in [-0.05, 0) is 82.9 Å². The van der Waals surface area contributed by atoms with Crippen molar-refractivity contribution in [2.75, 3.05) is 57.8 Å². The number of nitrogens with one attached hydrogen (secondary N) is 1. The molecule has 2 saturated heterocycles. The van der Waals surface area contributed by atoms with E-state index < -0.39 is 22.6 Å². The lowest BCUT2D eigenvalue weighted by atomic mass is 9.81. The summed E-state index contributed by atoms with van der Waals surface area (Å²) in [6.07, 6.45) is 6.98. The van der Waals surface area contributed by atoms with Gasteiger partial charge in [-0.15, -0.1) is 0 Å². The summed E-state index contributed by atoms with van der Waals surface area (Å²) in [4.78, 5) is 36.3. The van der Waals surface area contributed by atoms with Crippen LogP contribution in [0.4, 0.5) is 15.9 Å². The van der Waals surface area contributed by atoms with Crippen LogP contribution < -0.4 is 26.0 Å². The lowest BCUT2D eigenvalue weighted by molar-refractivity contribution is -0.101. The second-order valence-electron chi connectivity index (χ2n) is 13.5. The summed E-state index contributed by atoms with van der Waals surface area (Å²) in [5.74, 6) is -0.313. The van der Waals surface area contributed by atoms with E-state index in [4.69, 9.17) is 29.4 Å². The molecule has 3 N–H and O–H groups in total. The number of ether oxygens (including phenoxy) is 5. The third-order valence-electron chi connectivity index (χ3n) is 9.74. The number of hydrogen-bond acceptors (Lipinski definition) is 11. The summed E-state index contributed by atoms with van der Waals surface area (Å²) in [6.45, 7) is 2.91. The Hall–Kier alpha value is -5.66. The van der Waals surface area contributed by atoms with E-state index in [1.807, 2.05) is 6.07 Å². The molecule has 13 nitrogen and oxygen atoms in total. The highest BCUT2D eigenvalue weighted by molar-refractivity contribution is 9.10. The van der Waals surface area contributed by atoms with Crippen molar-refractivity contribution in [2.24, 2.45) is 5.41 Å². The van der Waals surface area contributed by atoms with Gasteiger partial charge in [0.1, 0.15) is 29.9 Å². The average molecular weight is 826 g/mol. The number of rotatable bonds is 11. The number of benzene rings is 2. The topological polar surface area (TPSA) is 173 Å². The van der Waals surface area contributed by atoms with E-state index in [0.717, 1.165) is 11.6 Å². The molecule has 2 aliphatic rings. The first-order valence-electron chi connectivity index (χ1n) is 17.9.